The van der Waals surface area contributed by atoms with Crippen molar-refractivity contribution in [3.05, 3.63) is 35.6 Å². The molecule has 10 heteroatoms. The topological polar surface area (TPSA) is 124 Å². The van der Waals surface area contributed by atoms with Crippen molar-refractivity contribution in [3.63, 3.8) is 0 Å². The van der Waals surface area contributed by atoms with Gasteiger partial charge in [-0.3, -0.25) is 9.59 Å². The number of likely N-dealkylation sites (tertiary alicyclic amines) is 1. The lowest BCUT2D eigenvalue weighted by atomic mass is 9.78. The van der Waals surface area contributed by atoms with Crippen molar-refractivity contribution >= 4 is 31.4 Å². The van der Waals surface area contributed by atoms with E-state index in [0.717, 1.165) is 12.1 Å². The number of nitrogens with two attached hydrogens (primary N) is 1. The van der Waals surface area contributed by atoms with Gasteiger partial charge in [-0.1, -0.05) is 6.42 Å². The largest absolute Gasteiger partial charge is 0.480 e. The van der Waals surface area contributed by atoms with E-state index in [2.05, 4.69) is 0 Å². The highest BCUT2D eigenvalue weighted by Gasteiger charge is 2.50. The Bertz CT molecular complexity index is 618. The van der Waals surface area contributed by atoms with E-state index in [9.17, 15) is 19.1 Å². The van der Waals surface area contributed by atoms with Gasteiger partial charge in [-0.05, 0) is 37.0 Å². The third-order valence-corrected chi connectivity index (χ3v) is 4.41. The molecule has 1 aliphatic rings. The van der Waals surface area contributed by atoms with E-state index in [-0.39, 0.29) is 37.4 Å². The summed E-state index contributed by atoms with van der Waals surface area (Å²) in [6.07, 6.45) is 0.846. The molecule has 0 aliphatic carbocycles. The third-order valence-electron chi connectivity index (χ3n) is 4.41. The number of aliphatic carboxylic acids is 1. The third kappa shape index (κ3) is 4.91. The van der Waals surface area contributed by atoms with Crippen LogP contribution in [-0.4, -0.2) is 57.7 Å². The molecule has 138 valence electrons. The Balaban J connectivity index is 0.00000312. The van der Waals surface area contributed by atoms with Gasteiger partial charge in [0, 0.05) is 18.0 Å². The molecule has 0 saturated carbocycles. The number of carboxylic acids is 1. The zero-order chi connectivity index (χ0) is 17.9. The Labute approximate surface area is 151 Å². The number of carboxylic acid groups (broad SMARTS) is 1. The molecule has 0 spiro atoms. The average molecular weight is 375 g/mol. The van der Waals surface area contributed by atoms with Gasteiger partial charge in [0.15, 0.2) is 0 Å². The highest BCUT2D eigenvalue weighted by atomic mass is 35.5. The predicted molar refractivity (Wildman–Crippen MR) is 91.8 cm³/mol. The molecule has 25 heavy (non-hydrogen) atoms. The van der Waals surface area contributed by atoms with Crippen LogP contribution in [-0.2, 0) is 4.79 Å². The monoisotopic (exact) mass is 374 g/mol. The number of benzene rings is 1. The van der Waals surface area contributed by atoms with Crippen molar-refractivity contribution in [1.82, 2.24) is 4.90 Å². The quantitative estimate of drug-likeness (QED) is 0.533. The highest BCUT2D eigenvalue weighted by Crippen LogP contribution is 2.31. The fourth-order valence-corrected chi connectivity index (χ4v) is 3.01. The Morgan fingerprint density at radius 3 is 2.44 bits per heavy atom. The minimum Gasteiger partial charge on any atom is -0.480 e. The number of halogens is 2. The van der Waals surface area contributed by atoms with E-state index in [0.29, 0.717) is 12.8 Å². The molecule has 1 heterocycles. The maximum absolute atomic E-state index is 13.0. The standard InChI is InChI=1S/C15H20BFN2O5.ClH/c17-12-5-3-10(4-6-12)13(20)19-8-11(2-1-7-16(23)24)15(18,9-19)14(21)22;/h3-6,11,23-24H,1-2,7-9,18H2,(H,21,22);1H. The summed E-state index contributed by atoms with van der Waals surface area (Å²) in [5.74, 6) is -2.58. The molecule has 1 amide bonds. The first kappa shape index (κ1) is 21.4. The minimum absolute atomic E-state index is 0. The van der Waals surface area contributed by atoms with Crippen LogP contribution >= 0.6 is 12.4 Å². The number of hydrogen-bond acceptors (Lipinski definition) is 5. The zero-order valence-corrected chi connectivity index (χ0v) is 14.3. The number of hydrogen-bond donors (Lipinski definition) is 4. The van der Waals surface area contributed by atoms with E-state index in [1.165, 1.54) is 17.0 Å². The maximum atomic E-state index is 13.0. The van der Waals surface area contributed by atoms with Crippen molar-refractivity contribution in [2.45, 2.75) is 24.7 Å². The molecular formula is C15H21BClFN2O5. The summed E-state index contributed by atoms with van der Waals surface area (Å²) >= 11 is 0. The van der Waals surface area contributed by atoms with Gasteiger partial charge < -0.3 is 25.8 Å². The Morgan fingerprint density at radius 1 is 1.32 bits per heavy atom. The van der Waals surface area contributed by atoms with E-state index >= 15 is 0 Å². The van der Waals surface area contributed by atoms with Crippen molar-refractivity contribution in [1.29, 1.82) is 0 Å². The molecule has 0 aromatic heterocycles. The molecule has 2 atom stereocenters. The van der Waals surface area contributed by atoms with Crippen LogP contribution in [0.4, 0.5) is 4.39 Å². The van der Waals surface area contributed by atoms with Gasteiger partial charge in [-0.2, -0.15) is 0 Å². The summed E-state index contributed by atoms with van der Waals surface area (Å²) in [7, 11) is -1.46. The Hall–Kier alpha value is -1.68. The van der Waals surface area contributed by atoms with Crippen molar-refractivity contribution in [3.8, 4) is 0 Å². The first-order chi connectivity index (χ1) is 11.2. The molecule has 0 bridgehead atoms. The van der Waals surface area contributed by atoms with Gasteiger partial charge in [0.05, 0.1) is 6.54 Å². The summed E-state index contributed by atoms with van der Waals surface area (Å²) in [6, 6.07) is 5.00. The first-order valence-electron chi connectivity index (χ1n) is 7.67. The summed E-state index contributed by atoms with van der Waals surface area (Å²) in [6.45, 7) is 0.00538. The summed E-state index contributed by atoms with van der Waals surface area (Å²) in [5, 5.41) is 27.2. The lowest BCUT2D eigenvalue weighted by Crippen LogP contribution is -2.55. The second-order valence-electron chi connectivity index (χ2n) is 6.15. The second kappa shape index (κ2) is 8.62. The van der Waals surface area contributed by atoms with Gasteiger partial charge in [0.2, 0.25) is 0 Å². The molecule has 1 aliphatic heterocycles. The number of carbonyl (C=O) groups excluding carboxylic acids is 1. The van der Waals surface area contributed by atoms with Crippen molar-refractivity contribution in [2.24, 2.45) is 11.7 Å². The lowest BCUT2D eigenvalue weighted by Gasteiger charge is -2.25. The lowest BCUT2D eigenvalue weighted by molar-refractivity contribution is -0.144. The van der Waals surface area contributed by atoms with Crippen LogP contribution in [0.25, 0.3) is 0 Å². The van der Waals surface area contributed by atoms with Gasteiger partial charge >= 0.3 is 13.1 Å². The maximum Gasteiger partial charge on any atom is 0.451 e. The minimum atomic E-state index is -1.59. The molecule has 1 fully saturated rings. The number of nitrogens with zero attached hydrogens (tertiary/aromatic N) is 1. The van der Waals surface area contributed by atoms with Crippen molar-refractivity contribution < 1.29 is 29.1 Å². The van der Waals surface area contributed by atoms with Gasteiger partial charge in [-0.25, -0.2) is 4.39 Å². The van der Waals surface area contributed by atoms with Gasteiger partial charge in [-0.15, -0.1) is 12.4 Å². The number of amides is 1. The van der Waals surface area contributed by atoms with E-state index in [4.69, 9.17) is 15.8 Å². The normalized spacial score (nSPS) is 22.4. The fraction of sp³-hybridized carbons (Fsp3) is 0.467. The molecule has 0 radical (unpaired) electrons. The van der Waals surface area contributed by atoms with E-state index in [1.807, 2.05) is 0 Å². The fourth-order valence-electron chi connectivity index (χ4n) is 3.01. The Morgan fingerprint density at radius 2 is 1.92 bits per heavy atom. The van der Waals surface area contributed by atoms with Crippen LogP contribution in [0.1, 0.15) is 23.2 Å². The summed E-state index contributed by atoms with van der Waals surface area (Å²) in [5.41, 5.74) is 4.69. The smallest absolute Gasteiger partial charge is 0.451 e. The molecule has 1 aromatic carbocycles. The second-order valence-corrected chi connectivity index (χ2v) is 6.15. The van der Waals surface area contributed by atoms with E-state index in [1.54, 1.807) is 0 Å². The highest BCUT2D eigenvalue weighted by molar-refractivity contribution is 6.40. The first-order valence-corrected chi connectivity index (χ1v) is 7.67. The molecule has 2 unspecified atom stereocenters. The van der Waals surface area contributed by atoms with Crippen LogP contribution in [0.5, 0.6) is 0 Å². The van der Waals surface area contributed by atoms with Crippen molar-refractivity contribution in [2.75, 3.05) is 13.1 Å². The summed E-state index contributed by atoms with van der Waals surface area (Å²) < 4.78 is 13.0. The van der Waals surface area contributed by atoms with Crippen LogP contribution in [0.2, 0.25) is 6.32 Å². The molecule has 1 aromatic rings. The molecule has 5 N–H and O–H groups in total. The average Bonchev–Trinajstić information content (AvgIpc) is 2.86. The molecule has 2 rings (SSSR count). The SMILES string of the molecule is Cl.NC1(C(=O)O)CN(C(=O)c2ccc(F)cc2)CC1CCCB(O)O. The predicted octanol–water partition coefficient (Wildman–Crippen LogP) is 0.355. The number of carbonyl (C=O) groups is 2. The molecule has 7 nitrogen and oxygen atoms in total. The zero-order valence-electron chi connectivity index (χ0n) is 13.5. The summed E-state index contributed by atoms with van der Waals surface area (Å²) in [4.78, 5) is 25.4. The van der Waals surface area contributed by atoms with Crippen LogP contribution in [0.3, 0.4) is 0 Å². The van der Waals surface area contributed by atoms with Crippen LogP contribution < -0.4 is 5.73 Å². The van der Waals surface area contributed by atoms with Crippen LogP contribution in [0, 0.1) is 11.7 Å². The van der Waals surface area contributed by atoms with E-state index < -0.39 is 36.3 Å². The Kier molecular flexibility index (Phi) is 7.36. The molecular weight excluding hydrogens is 353 g/mol. The van der Waals surface area contributed by atoms with Gasteiger partial charge in [0.1, 0.15) is 11.4 Å². The van der Waals surface area contributed by atoms with Gasteiger partial charge in [0.25, 0.3) is 5.91 Å². The van der Waals surface area contributed by atoms with Crippen LogP contribution in [0.15, 0.2) is 24.3 Å². The number of rotatable bonds is 6. The molecule has 1 saturated heterocycles.